The molecule has 0 fully saturated rings. The van der Waals surface area contributed by atoms with E-state index in [1.807, 2.05) is 48.5 Å². The largest absolute Gasteiger partial charge is 0.271 e. The van der Waals surface area contributed by atoms with E-state index in [0.717, 1.165) is 22.0 Å². The van der Waals surface area contributed by atoms with E-state index in [-0.39, 0.29) is 6.04 Å². The first-order valence-corrected chi connectivity index (χ1v) is 6.72. The topological polar surface area (TPSA) is 50.9 Å². The first-order chi connectivity index (χ1) is 9.78. The fourth-order valence-electron chi connectivity index (χ4n) is 2.34. The molecule has 20 heavy (non-hydrogen) atoms. The van der Waals surface area contributed by atoms with E-state index in [1.165, 1.54) is 0 Å². The molecule has 0 aliphatic carbocycles. The lowest BCUT2D eigenvalue weighted by Gasteiger charge is -2.17. The Balaban J connectivity index is 2.07. The second-order valence-corrected chi connectivity index (χ2v) is 5.05. The lowest BCUT2D eigenvalue weighted by atomic mass is 9.98. The molecule has 1 aromatic heterocycles. The van der Waals surface area contributed by atoms with Crippen molar-refractivity contribution in [2.75, 3.05) is 0 Å². The normalized spacial score (nSPS) is 12.5. The van der Waals surface area contributed by atoms with E-state index in [1.54, 1.807) is 6.20 Å². The number of nitrogens with zero attached hydrogens (tertiary/aromatic N) is 1. The zero-order valence-corrected chi connectivity index (χ0v) is 11.5. The van der Waals surface area contributed by atoms with Gasteiger partial charge in [-0.05, 0) is 41.5 Å². The summed E-state index contributed by atoms with van der Waals surface area (Å²) < 4.78 is 0. The van der Waals surface area contributed by atoms with Crippen molar-refractivity contribution in [3.8, 4) is 0 Å². The van der Waals surface area contributed by atoms with Gasteiger partial charge >= 0.3 is 0 Å². The molecule has 0 saturated heterocycles. The van der Waals surface area contributed by atoms with Gasteiger partial charge in [0.15, 0.2) is 0 Å². The van der Waals surface area contributed by atoms with Crippen LogP contribution < -0.4 is 11.3 Å². The third-order valence-electron chi connectivity index (χ3n) is 3.31. The monoisotopic (exact) mass is 283 g/mol. The van der Waals surface area contributed by atoms with Gasteiger partial charge in [-0.2, -0.15) is 0 Å². The summed E-state index contributed by atoms with van der Waals surface area (Å²) in [5, 5.41) is 1.79. The number of fused-ring (bicyclic) bond motifs is 1. The first-order valence-electron chi connectivity index (χ1n) is 6.34. The van der Waals surface area contributed by atoms with E-state index in [2.05, 4.69) is 16.5 Å². The number of hydrogen-bond acceptors (Lipinski definition) is 3. The zero-order valence-electron chi connectivity index (χ0n) is 10.8. The number of rotatable bonds is 3. The van der Waals surface area contributed by atoms with Crippen LogP contribution in [0.4, 0.5) is 0 Å². The summed E-state index contributed by atoms with van der Waals surface area (Å²) in [6.07, 6.45) is 1.79. The molecule has 3 rings (SSSR count). The zero-order chi connectivity index (χ0) is 13.9. The quantitative estimate of drug-likeness (QED) is 0.572. The fraction of sp³-hybridized carbons (Fsp3) is 0.0625. The van der Waals surface area contributed by atoms with E-state index < -0.39 is 0 Å². The van der Waals surface area contributed by atoms with Crippen LogP contribution in [-0.4, -0.2) is 4.98 Å². The minimum atomic E-state index is -0.0988. The summed E-state index contributed by atoms with van der Waals surface area (Å²) in [6, 6.07) is 17.7. The Hall–Kier alpha value is -1.94. The fourth-order valence-corrected chi connectivity index (χ4v) is 2.54. The molecule has 0 saturated carbocycles. The van der Waals surface area contributed by atoms with Crippen molar-refractivity contribution >= 4 is 22.5 Å². The van der Waals surface area contributed by atoms with Gasteiger partial charge in [0.1, 0.15) is 0 Å². The van der Waals surface area contributed by atoms with Gasteiger partial charge in [0.25, 0.3) is 0 Å². The van der Waals surface area contributed by atoms with E-state index in [4.69, 9.17) is 17.4 Å². The Morgan fingerprint density at radius 1 is 1.00 bits per heavy atom. The van der Waals surface area contributed by atoms with Crippen LogP contribution in [0, 0.1) is 0 Å². The summed E-state index contributed by atoms with van der Waals surface area (Å²) in [5.41, 5.74) is 5.93. The Bertz CT molecular complexity index is 742. The Morgan fingerprint density at radius 2 is 1.85 bits per heavy atom. The Labute approximate surface area is 122 Å². The average molecular weight is 284 g/mol. The maximum Gasteiger partial charge on any atom is 0.0710 e. The number of nitrogens with two attached hydrogens (primary N) is 1. The number of aromatic nitrogens is 1. The van der Waals surface area contributed by atoms with E-state index in [9.17, 15) is 0 Å². The minimum absolute atomic E-state index is 0.0988. The lowest BCUT2D eigenvalue weighted by Crippen LogP contribution is -2.28. The van der Waals surface area contributed by atoms with Gasteiger partial charge in [-0.25, -0.2) is 5.43 Å². The van der Waals surface area contributed by atoms with Crippen LogP contribution in [0.5, 0.6) is 0 Å². The van der Waals surface area contributed by atoms with Gasteiger partial charge in [0, 0.05) is 16.6 Å². The van der Waals surface area contributed by atoms with Crippen molar-refractivity contribution in [3.05, 3.63) is 76.9 Å². The predicted octanol–water partition coefficient (Wildman–Crippen LogP) is 3.44. The van der Waals surface area contributed by atoms with Gasteiger partial charge in [-0.3, -0.25) is 10.8 Å². The number of nitrogens with one attached hydrogen (secondary N) is 1. The predicted molar refractivity (Wildman–Crippen MR) is 82.4 cm³/mol. The van der Waals surface area contributed by atoms with Crippen LogP contribution in [0.25, 0.3) is 10.9 Å². The highest BCUT2D eigenvalue weighted by Gasteiger charge is 2.13. The summed E-state index contributed by atoms with van der Waals surface area (Å²) in [6.45, 7) is 0. The molecule has 100 valence electrons. The third kappa shape index (κ3) is 2.51. The molecule has 0 aliphatic rings. The molecular formula is C16H14ClN3. The molecular weight excluding hydrogens is 270 g/mol. The van der Waals surface area contributed by atoms with E-state index in [0.29, 0.717) is 5.02 Å². The van der Waals surface area contributed by atoms with Crippen molar-refractivity contribution in [1.29, 1.82) is 0 Å². The molecule has 4 heteroatoms. The molecule has 3 aromatic rings. The van der Waals surface area contributed by atoms with Crippen LogP contribution in [0.1, 0.15) is 17.2 Å². The molecule has 3 nitrogen and oxygen atoms in total. The third-order valence-corrected chi connectivity index (χ3v) is 3.54. The summed E-state index contributed by atoms with van der Waals surface area (Å²) in [4.78, 5) is 4.32. The minimum Gasteiger partial charge on any atom is -0.271 e. The number of hydrogen-bond donors (Lipinski definition) is 2. The smallest absolute Gasteiger partial charge is 0.0710 e. The average Bonchev–Trinajstić information content (AvgIpc) is 2.48. The standard InChI is InChI=1S/C16H14ClN3/c17-14-5-1-3-12(10-14)16(20-18)13-6-7-15-11(9-13)4-2-8-19-15/h1-10,16,20H,18H2. The Kier molecular flexibility index (Phi) is 3.65. The number of hydrazine groups is 1. The van der Waals surface area contributed by atoms with Crippen molar-refractivity contribution in [3.63, 3.8) is 0 Å². The maximum atomic E-state index is 6.05. The van der Waals surface area contributed by atoms with Crippen molar-refractivity contribution in [1.82, 2.24) is 10.4 Å². The van der Waals surface area contributed by atoms with E-state index >= 15 is 0 Å². The Morgan fingerprint density at radius 3 is 2.65 bits per heavy atom. The highest BCUT2D eigenvalue weighted by Crippen LogP contribution is 2.26. The molecule has 2 aromatic carbocycles. The van der Waals surface area contributed by atoms with Gasteiger partial charge in [0.05, 0.1) is 11.6 Å². The second-order valence-electron chi connectivity index (χ2n) is 4.61. The highest BCUT2D eigenvalue weighted by atomic mass is 35.5. The van der Waals surface area contributed by atoms with Crippen LogP contribution >= 0.6 is 11.6 Å². The number of pyridine rings is 1. The van der Waals surface area contributed by atoms with Crippen molar-refractivity contribution < 1.29 is 0 Å². The molecule has 1 heterocycles. The summed E-state index contributed by atoms with van der Waals surface area (Å²) in [7, 11) is 0. The van der Waals surface area contributed by atoms with Crippen LogP contribution in [0.3, 0.4) is 0 Å². The number of halogens is 1. The maximum absolute atomic E-state index is 6.05. The van der Waals surface area contributed by atoms with Crippen LogP contribution in [0.15, 0.2) is 60.8 Å². The molecule has 0 amide bonds. The molecule has 1 atom stereocenters. The second kappa shape index (κ2) is 5.59. The van der Waals surface area contributed by atoms with Crippen molar-refractivity contribution in [2.45, 2.75) is 6.04 Å². The van der Waals surface area contributed by atoms with Crippen LogP contribution in [-0.2, 0) is 0 Å². The highest BCUT2D eigenvalue weighted by molar-refractivity contribution is 6.30. The van der Waals surface area contributed by atoms with Gasteiger partial charge in [0.2, 0.25) is 0 Å². The molecule has 1 unspecified atom stereocenters. The molecule has 0 aliphatic heterocycles. The van der Waals surface area contributed by atoms with Gasteiger partial charge in [-0.1, -0.05) is 35.9 Å². The van der Waals surface area contributed by atoms with Gasteiger partial charge in [-0.15, -0.1) is 0 Å². The first kappa shape index (κ1) is 13.1. The lowest BCUT2D eigenvalue weighted by molar-refractivity contribution is 0.637. The SMILES string of the molecule is NNC(c1cccc(Cl)c1)c1ccc2ncccc2c1. The summed E-state index contributed by atoms with van der Waals surface area (Å²) in [5.74, 6) is 5.72. The van der Waals surface area contributed by atoms with Crippen LogP contribution in [0.2, 0.25) is 5.02 Å². The molecule has 3 N–H and O–H groups in total. The molecule has 0 spiro atoms. The summed E-state index contributed by atoms with van der Waals surface area (Å²) >= 11 is 6.05. The van der Waals surface area contributed by atoms with Gasteiger partial charge < -0.3 is 0 Å². The molecule has 0 bridgehead atoms. The molecule has 0 radical (unpaired) electrons. The van der Waals surface area contributed by atoms with Crippen molar-refractivity contribution in [2.24, 2.45) is 5.84 Å². The number of benzene rings is 2.